The van der Waals surface area contributed by atoms with Crippen LogP contribution in [0.3, 0.4) is 0 Å². The van der Waals surface area contributed by atoms with Crippen LogP contribution in [0.15, 0.2) is 5.16 Å². The molecule has 0 aliphatic heterocycles. The lowest BCUT2D eigenvalue weighted by Gasteiger charge is -2.15. The number of hydrogen-bond acceptors (Lipinski definition) is 5. The molecule has 120 valence electrons. The zero-order valence-corrected chi connectivity index (χ0v) is 14.2. The minimum Gasteiger partial charge on any atom is -0.353 e. The van der Waals surface area contributed by atoms with Crippen LogP contribution in [0.2, 0.25) is 0 Å². The molecule has 6 nitrogen and oxygen atoms in total. The molecule has 1 heterocycles. The number of rotatable bonds is 9. The third-order valence-corrected chi connectivity index (χ3v) is 4.14. The number of hydrogen-bond donors (Lipinski definition) is 2. The van der Waals surface area contributed by atoms with Gasteiger partial charge in [-0.1, -0.05) is 25.6 Å². The Morgan fingerprint density at radius 1 is 1.33 bits per heavy atom. The summed E-state index contributed by atoms with van der Waals surface area (Å²) in [4.78, 5) is 11.9. The van der Waals surface area contributed by atoms with Gasteiger partial charge in [0, 0.05) is 19.1 Å². The van der Waals surface area contributed by atoms with Gasteiger partial charge in [0.25, 0.3) is 0 Å². The number of thioether (sulfide) groups is 1. The number of aryl methyl sites for hydroxylation is 1. The third-order valence-electron chi connectivity index (χ3n) is 3.17. The van der Waals surface area contributed by atoms with Crippen LogP contribution in [0.25, 0.3) is 0 Å². The van der Waals surface area contributed by atoms with E-state index in [0.29, 0.717) is 24.8 Å². The molecule has 1 aromatic rings. The van der Waals surface area contributed by atoms with Gasteiger partial charge in [-0.25, -0.2) is 0 Å². The van der Waals surface area contributed by atoms with Crippen LogP contribution in [0.4, 0.5) is 0 Å². The second-order valence-corrected chi connectivity index (χ2v) is 6.64. The molecule has 0 aliphatic rings. The molecule has 1 amide bonds. The number of nitrogens with zero attached hydrogens (tertiary/aromatic N) is 3. The SMILES string of the molecule is Cc1nnc(SCC(=O)NC(C)CCC(C)C)n1CCN. The summed E-state index contributed by atoms with van der Waals surface area (Å²) in [5.74, 6) is 1.88. The summed E-state index contributed by atoms with van der Waals surface area (Å²) in [7, 11) is 0. The van der Waals surface area contributed by atoms with Crippen molar-refractivity contribution in [3.05, 3.63) is 5.82 Å². The highest BCUT2D eigenvalue weighted by molar-refractivity contribution is 7.99. The van der Waals surface area contributed by atoms with E-state index in [2.05, 4.69) is 29.4 Å². The molecular weight excluding hydrogens is 286 g/mol. The van der Waals surface area contributed by atoms with Crippen molar-refractivity contribution in [2.24, 2.45) is 11.7 Å². The lowest BCUT2D eigenvalue weighted by molar-refractivity contribution is -0.119. The van der Waals surface area contributed by atoms with E-state index in [1.807, 2.05) is 18.4 Å². The van der Waals surface area contributed by atoms with Crippen LogP contribution < -0.4 is 11.1 Å². The zero-order chi connectivity index (χ0) is 15.8. The van der Waals surface area contributed by atoms with Crippen molar-refractivity contribution in [3.63, 3.8) is 0 Å². The molecule has 7 heteroatoms. The highest BCUT2D eigenvalue weighted by Gasteiger charge is 2.13. The monoisotopic (exact) mass is 313 g/mol. The topological polar surface area (TPSA) is 85.8 Å². The first-order valence-electron chi connectivity index (χ1n) is 7.46. The van der Waals surface area contributed by atoms with Gasteiger partial charge in [-0.3, -0.25) is 4.79 Å². The van der Waals surface area contributed by atoms with Gasteiger partial charge in [0.15, 0.2) is 5.16 Å². The van der Waals surface area contributed by atoms with Gasteiger partial charge in [0.2, 0.25) is 5.91 Å². The highest BCUT2D eigenvalue weighted by atomic mass is 32.2. The second-order valence-electron chi connectivity index (χ2n) is 5.70. The Morgan fingerprint density at radius 3 is 2.67 bits per heavy atom. The summed E-state index contributed by atoms with van der Waals surface area (Å²) >= 11 is 1.40. The summed E-state index contributed by atoms with van der Waals surface area (Å²) in [6, 6.07) is 0.212. The smallest absolute Gasteiger partial charge is 0.230 e. The van der Waals surface area contributed by atoms with Crippen molar-refractivity contribution in [2.45, 2.75) is 58.3 Å². The lowest BCUT2D eigenvalue weighted by atomic mass is 10.0. The summed E-state index contributed by atoms with van der Waals surface area (Å²) in [5.41, 5.74) is 5.57. The summed E-state index contributed by atoms with van der Waals surface area (Å²) in [6.45, 7) is 9.53. The maximum absolute atomic E-state index is 11.9. The van der Waals surface area contributed by atoms with E-state index in [4.69, 9.17) is 5.73 Å². The molecule has 0 fully saturated rings. The fraction of sp³-hybridized carbons (Fsp3) is 0.786. The Hall–Kier alpha value is -1.08. The van der Waals surface area contributed by atoms with E-state index in [-0.39, 0.29) is 11.9 Å². The van der Waals surface area contributed by atoms with E-state index in [1.54, 1.807) is 0 Å². The van der Waals surface area contributed by atoms with Crippen molar-refractivity contribution >= 4 is 17.7 Å². The van der Waals surface area contributed by atoms with Crippen LogP contribution in [0, 0.1) is 12.8 Å². The molecule has 0 spiro atoms. The Morgan fingerprint density at radius 2 is 2.05 bits per heavy atom. The van der Waals surface area contributed by atoms with Gasteiger partial charge in [-0.05, 0) is 32.6 Å². The quantitative estimate of drug-likeness (QED) is 0.676. The fourth-order valence-electron chi connectivity index (χ4n) is 1.96. The molecular formula is C14H27N5OS. The van der Waals surface area contributed by atoms with Crippen molar-refractivity contribution < 1.29 is 4.79 Å². The first kappa shape index (κ1) is 18.0. The molecule has 1 rings (SSSR count). The molecule has 21 heavy (non-hydrogen) atoms. The largest absolute Gasteiger partial charge is 0.353 e. The van der Waals surface area contributed by atoms with E-state index < -0.39 is 0 Å². The van der Waals surface area contributed by atoms with Gasteiger partial charge in [-0.15, -0.1) is 10.2 Å². The van der Waals surface area contributed by atoms with E-state index in [9.17, 15) is 4.79 Å². The minimum absolute atomic E-state index is 0.0382. The van der Waals surface area contributed by atoms with Crippen LogP contribution in [-0.2, 0) is 11.3 Å². The summed E-state index contributed by atoms with van der Waals surface area (Å²) in [6.07, 6.45) is 2.13. The predicted octanol–water partition coefficient (Wildman–Crippen LogP) is 1.58. The Bertz CT molecular complexity index is 447. The van der Waals surface area contributed by atoms with Gasteiger partial charge in [0.05, 0.1) is 5.75 Å². The molecule has 0 radical (unpaired) electrons. The fourth-order valence-corrected chi connectivity index (χ4v) is 2.78. The number of nitrogens with one attached hydrogen (secondary N) is 1. The molecule has 1 unspecified atom stereocenters. The molecule has 1 aromatic heterocycles. The van der Waals surface area contributed by atoms with Crippen LogP contribution in [0.1, 0.15) is 39.4 Å². The number of aromatic nitrogens is 3. The molecule has 0 saturated heterocycles. The maximum Gasteiger partial charge on any atom is 0.230 e. The number of carbonyl (C=O) groups excluding carboxylic acids is 1. The molecule has 3 N–H and O–H groups in total. The van der Waals surface area contributed by atoms with Gasteiger partial charge in [-0.2, -0.15) is 0 Å². The maximum atomic E-state index is 11.9. The van der Waals surface area contributed by atoms with Crippen molar-refractivity contribution in [2.75, 3.05) is 12.3 Å². The summed E-state index contributed by atoms with van der Waals surface area (Å²) < 4.78 is 1.94. The van der Waals surface area contributed by atoms with E-state index >= 15 is 0 Å². The molecule has 0 aromatic carbocycles. The van der Waals surface area contributed by atoms with Crippen molar-refractivity contribution in [1.29, 1.82) is 0 Å². The average molecular weight is 313 g/mol. The molecule has 0 bridgehead atoms. The van der Waals surface area contributed by atoms with Crippen LogP contribution in [-0.4, -0.2) is 39.0 Å². The molecule has 0 aliphatic carbocycles. The van der Waals surface area contributed by atoms with Gasteiger partial charge < -0.3 is 15.6 Å². The highest BCUT2D eigenvalue weighted by Crippen LogP contribution is 2.16. The number of amides is 1. The Labute approximate surface area is 131 Å². The number of carbonyl (C=O) groups is 1. The second kappa shape index (κ2) is 9.04. The first-order valence-corrected chi connectivity index (χ1v) is 8.44. The number of nitrogens with two attached hydrogens (primary N) is 1. The molecule has 1 atom stereocenters. The minimum atomic E-state index is 0.0382. The predicted molar refractivity (Wildman–Crippen MR) is 86.2 cm³/mol. The lowest BCUT2D eigenvalue weighted by Crippen LogP contribution is -2.34. The van der Waals surface area contributed by atoms with Crippen LogP contribution >= 0.6 is 11.8 Å². The first-order chi connectivity index (χ1) is 9.93. The van der Waals surface area contributed by atoms with Crippen molar-refractivity contribution in [3.8, 4) is 0 Å². The van der Waals surface area contributed by atoms with Crippen LogP contribution in [0.5, 0.6) is 0 Å². The normalized spacial score (nSPS) is 12.7. The average Bonchev–Trinajstić information content (AvgIpc) is 2.76. The van der Waals surface area contributed by atoms with E-state index in [0.717, 1.165) is 23.8 Å². The van der Waals surface area contributed by atoms with Gasteiger partial charge >= 0.3 is 0 Å². The Kier molecular flexibility index (Phi) is 7.74. The van der Waals surface area contributed by atoms with Gasteiger partial charge in [0.1, 0.15) is 5.82 Å². The zero-order valence-electron chi connectivity index (χ0n) is 13.4. The van der Waals surface area contributed by atoms with Crippen molar-refractivity contribution in [1.82, 2.24) is 20.1 Å². The third kappa shape index (κ3) is 6.48. The Balaban J connectivity index is 2.39. The standard InChI is InChI=1S/C14H27N5OS/c1-10(2)5-6-11(3)16-13(20)9-21-14-18-17-12(4)19(14)8-7-15/h10-11H,5-9,15H2,1-4H3,(H,16,20). The molecule has 0 saturated carbocycles. The summed E-state index contributed by atoms with van der Waals surface area (Å²) in [5, 5.41) is 11.9. The van der Waals surface area contributed by atoms with E-state index in [1.165, 1.54) is 11.8 Å².